The van der Waals surface area contributed by atoms with E-state index in [0.717, 1.165) is 26.1 Å². The minimum Gasteiger partial charge on any atom is -0.488 e. The summed E-state index contributed by atoms with van der Waals surface area (Å²) in [6.07, 6.45) is 4.62. The topological polar surface area (TPSA) is 132 Å². The van der Waals surface area contributed by atoms with Crippen LogP contribution in [0.5, 0.6) is 5.75 Å². The summed E-state index contributed by atoms with van der Waals surface area (Å²) in [6, 6.07) is 18.4. The molecule has 0 saturated carbocycles. The first-order valence-electron chi connectivity index (χ1n) is 14.1. The minimum absolute atomic E-state index is 0.0671. The van der Waals surface area contributed by atoms with E-state index in [0.29, 0.717) is 28.5 Å². The number of rotatable bonds is 12. The quantitative estimate of drug-likeness (QED) is 0.138. The Labute approximate surface area is 277 Å². The minimum atomic E-state index is -3.48. The summed E-state index contributed by atoms with van der Waals surface area (Å²) >= 11 is 5.03. The lowest BCUT2D eigenvalue weighted by Crippen LogP contribution is -2.26. The van der Waals surface area contributed by atoms with Crippen molar-refractivity contribution in [2.45, 2.75) is 24.6 Å². The van der Waals surface area contributed by atoms with Crippen LogP contribution in [0.2, 0.25) is 0 Å². The number of aromatic nitrogens is 5. The fraction of sp³-hybridized carbons (Fsp3) is 0.156. The summed E-state index contributed by atoms with van der Waals surface area (Å²) in [5.74, 6) is 0.829. The van der Waals surface area contributed by atoms with Crippen LogP contribution in [0.4, 0.5) is 15.9 Å². The molecule has 0 aliphatic heterocycles. The van der Waals surface area contributed by atoms with Crippen molar-refractivity contribution in [2.75, 3.05) is 17.6 Å². The first-order valence-corrected chi connectivity index (χ1v) is 17.5. The van der Waals surface area contributed by atoms with Gasteiger partial charge in [-0.3, -0.25) is 4.98 Å². The van der Waals surface area contributed by atoms with Gasteiger partial charge in [-0.15, -0.1) is 11.3 Å². The number of nitrogens with one attached hydrogen (secondary N) is 2. The van der Waals surface area contributed by atoms with Crippen molar-refractivity contribution in [3.8, 4) is 17.1 Å². The number of fused-ring (bicyclic) bond motifs is 1. The zero-order valence-electron chi connectivity index (χ0n) is 24.4. The van der Waals surface area contributed by atoms with E-state index in [4.69, 9.17) is 9.72 Å². The highest BCUT2D eigenvalue weighted by Crippen LogP contribution is 2.32. The van der Waals surface area contributed by atoms with Gasteiger partial charge in [-0.05, 0) is 76.9 Å². The molecule has 1 unspecified atom stereocenters. The van der Waals surface area contributed by atoms with Crippen LogP contribution in [-0.2, 0) is 16.4 Å². The summed E-state index contributed by atoms with van der Waals surface area (Å²) in [7, 11) is -3.48. The van der Waals surface area contributed by atoms with E-state index in [1.165, 1.54) is 42.1 Å². The first-order chi connectivity index (χ1) is 22.2. The molecule has 1 atom stereocenters. The zero-order chi connectivity index (χ0) is 32.1. The molecule has 0 aliphatic rings. The maximum Gasteiger partial charge on any atom is 0.196 e. The molecule has 4 aromatic heterocycles. The van der Waals surface area contributed by atoms with Gasteiger partial charge in [0.05, 0.1) is 39.4 Å². The fourth-order valence-corrected chi connectivity index (χ4v) is 7.00. The lowest BCUT2D eigenvalue weighted by Gasteiger charge is -2.12. The summed E-state index contributed by atoms with van der Waals surface area (Å²) in [5.41, 5.74) is 3.50. The van der Waals surface area contributed by atoms with E-state index in [1.54, 1.807) is 30.5 Å². The van der Waals surface area contributed by atoms with Crippen LogP contribution in [0.1, 0.15) is 23.5 Å². The van der Waals surface area contributed by atoms with Crippen LogP contribution in [0.25, 0.3) is 22.3 Å². The average molecular weight is 721 g/mol. The van der Waals surface area contributed by atoms with Crippen molar-refractivity contribution < 1.29 is 17.5 Å². The Kier molecular flexibility index (Phi) is 9.59. The van der Waals surface area contributed by atoms with E-state index >= 15 is 0 Å². The number of sulfone groups is 1. The first kappa shape index (κ1) is 31.6. The largest absolute Gasteiger partial charge is 0.488 e. The van der Waals surface area contributed by atoms with E-state index in [-0.39, 0.29) is 35.8 Å². The number of thiazole rings is 1. The second-order valence-corrected chi connectivity index (χ2v) is 14.0. The van der Waals surface area contributed by atoms with Crippen molar-refractivity contribution in [1.29, 1.82) is 0 Å². The average Bonchev–Trinajstić information content (AvgIpc) is 3.56. The van der Waals surface area contributed by atoms with Crippen LogP contribution < -0.4 is 15.4 Å². The molecule has 234 valence electrons. The third kappa shape index (κ3) is 7.53. The predicted octanol–water partition coefficient (Wildman–Crippen LogP) is 6.89. The summed E-state index contributed by atoms with van der Waals surface area (Å²) in [5, 5.41) is 10.1. The molecule has 6 aromatic rings. The lowest BCUT2D eigenvalue weighted by molar-refractivity contribution is 0.303. The molecule has 14 heteroatoms. The molecule has 6 rings (SSSR count). The van der Waals surface area contributed by atoms with Gasteiger partial charge in [0.15, 0.2) is 14.9 Å². The molecule has 0 spiro atoms. The molecule has 4 heterocycles. The molecule has 0 radical (unpaired) electrons. The van der Waals surface area contributed by atoms with Gasteiger partial charge in [0.1, 0.15) is 35.3 Å². The van der Waals surface area contributed by atoms with Gasteiger partial charge in [0, 0.05) is 29.2 Å². The lowest BCUT2D eigenvalue weighted by atomic mass is 10.2. The van der Waals surface area contributed by atoms with Crippen molar-refractivity contribution in [3.63, 3.8) is 0 Å². The molecular formula is C32H27BrFN7O3S2. The predicted molar refractivity (Wildman–Crippen MR) is 179 cm³/mol. The molecule has 0 amide bonds. The SMILES string of the molecule is CC(NCCS(=O)(=O)c1ccccn1)c1nc(-c2cc3c(Nc4ccc(OCc5cccc(F)c5)c(Br)c4)ncnc3cn2)cs1. The van der Waals surface area contributed by atoms with Gasteiger partial charge in [0.2, 0.25) is 0 Å². The standard InChI is InChI=1S/C32H27BrFN7O3S2/c1-20(35-11-12-46(42,43)30-7-2-3-10-36-30)32-41-28(18-45-32)26-15-24-27(16-37-26)38-19-39-31(24)40-23-8-9-29(25(33)14-23)44-17-21-5-4-6-22(34)13-21/h2-10,13-16,18-20,35H,11-12,17H2,1H3,(H,38,39,40). The molecule has 0 bridgehead atoms. The number of pyridine rings is 2. The zero-order valence-corrected chi connectivity index (χ0v) is 27.6. The molecule has 2 N–H and O–H groups in total. The highest BCUT2D eigenvalue weighted by Gasteiger charge is 2.18. The Balaban J connectivity index is 1.13. The van der Waals surface area contributed by atoms with Crippen molar-refractivity contribution in [3.05, 3.63) is 112 Å². The van der Waals surface area contributed by atoms with Gasteiger partial charge in [0.25, 0.3) is 0 Å². The highest BCUT2D eigenvalue weighted by atomic mass is 79.9. The Morgan fingerprint density at radius 1 is 1.00 bits per heavy atom. The Morgan fingerprint density at radius 2 is 1.89 bits per heavy atom. The number of benzene rings is 2. The summed E-state index contributed by atoms with van der Waals surface area (Å²) in [4.78, 5) is 22.1. The number of ether oxygens (including phenoxy) is 1. The van der Waals surface area contributed by atoms with E-state index in [1.807, 2.05) is 36.6 Å². The third-order valence-corrected chi connectivity index (χ3v) is 10.2. The van der Waals surface area contributed by atoms with Crippen molar-refractivity contribution in [1.82, 2.24) is 30.2 Å². The number of anilines is 2. The smallest absolute Gasteiger partial charge is 0.196 e. The fourth-order valence-electron chi connectivity index (χ4n) is 4.56. The van der Waals surface area contributed by atoms with Gasteiger partial charge >= 0.3 is 0 Å². The van der Waals surface area contributed by atoms with Crippen molar-refractivity contribution in [2.24, 2.45) is 0 Å². The monoisotopic (exact) mass is 719 g/mol. The number of hydrogen-bond donors (Lipinski definition) is 2. The Bertz CT molecular complexity index is 2100. The van der Waals surface area contributed by atoms with Crippen LogP contribution in [-0.4, -0.2) is 45.6 Å². The number of nitrogens with zero attached hydrogens (tertiary/aromatic N) is 5. The maximum absolute atomic E-state index is 13.5. The highest BCUT2D eigenvalue weighted by molar-refractivity contribution is 9.10. The molecular weight excluding hydrogens is 693 g/mol. The Morgan fingerprint density at radius 3 is 2.70 bits per heavy atom. The van der Waals surface area contributed by atoms with E-state index < -0.39 is 9.84 Å². The third-order valence-electron chi connectivity index (χ3n) is 6.93. The van der Waals surface area contributed by atoms with Crippen molar-refractivity contribution >= 4 is 59.5 Å². The molecule has 10 nitrogen and oxygen atoms in total. The van der Waals surface area contributed by atoms with Gasteiger partial charge in [-0.2, -0.15) is 0 Å². The van der Waals surface area contributed by atoms with Crippen LogP contribution >= 0.6 is 27.3 Å². The summed E-state index contributed by atoms with van der Waals surface area (Å²) < 4.78 is 45.2. The maximum atomic E-state index is 13.5. The number of halogens is 2. The molecule has 46 heavy (non-hydrogen) atoms. The second kappa shape index (κ2) is 14.0. The van der Waals surface area contributed by atoms with Crippen LogP contribution in [0, 0.1) is 5.82 Å². The molecule has 0 aliphatic carbocycles. The van der Waals surface area contributed by atoms with Gasteiger partial charge in [-0.1, -0.05) is 18.2 Å². The number of hydrogen-bond acceptors (Lipinski definition) is 11. The Hall–Kier alpha value is -4.37. The van der Waals surface area contributed by atoms with Crippen LogP contribution in [0.3, 0.4) is 0 Å². The second-order valence-electron chi connectivity index (χ2n) is 10.2. The molecule has 0 saturated heterocycles. The summed E-state index contributed by atoms with van der Waals surface area (Å²) in [6.45, 7) is 2.43. The van der Waals surface area contributed by atoms with E-state index in [9.17, 15) is 12.8 Å². The molecule has 2 aromatic carbocycles. The van der Waals surface area contributed by atoms with E-state index in [2.05, 4.69) is 46.5 Å². The van der Waals surface area contributed by atoms with Gasteiger partial charge in [-0.25, -0.2) is 32.7 Å². The van der Waals surface area contributed by atoms with Gasteiger partial charge < -0.3 is 15.4 Å². The molecule has 0 fully saturated rings. The van der Waals surface area contributed by atoms with Crippen LogP contribution in [0.15, 0.2) is 100 Å². The normalized spacial score (nSPS) is 12.2.